The van der Waals surface area contributed by atoms with Crippen molar-refractivity contribution in [3.8, 4) is 0 Å². The van der Waals surface area contributed by atoms with Crippen LogP contribution in [0.15, 0.2) is 0 Å². The third-order valence-corrected chi connectivity index (χ3v) is 3.92. The molecule has 0 N–H and O–H groups in total. The second-order valence-electron chi connectivity index (χ2n) is 2.50. The second-order valence-corrected chi connectivity index (χ2v) is 6.64. The summed E-state index contributed by atoms with van der Waals surface area (Å²) in [5, 5.41) is 0.447. The average Bonchev–Trinajstić information content (AvgIpc) is 1.59. The van der Waals surface area contributed by atoms with Crippen molar-refractivity contribution < 1.29 is 0 Å². The molecule has 1 saturated carbocycles. The van der Waals surface area contributed by atoms with E-state index in [2.05, 4.69) is 45.2 Å². The van der Waals surface area contributed by atoms with Crippen LogP contribution in [0.1, 0.15) is 19.3 Å². The van der Waals surface area contributed by atoms with E-state index in [0.717, 1.165) is 7.85 Å². The fourth-order valence-electron chi connectivity index (χ4n) is 1.12. The lowest BCUT2D eigenvalue weighted by Gasteiger charge is -2.24. The Labute approximate surface area is 88.4 Å². The molecule has 0 nitrogen and oxygen atoms in total. The van der Waals surface area contributed by atoms with Gasteiger partial charge in [0.2, 0.25) is 0 Å². The molecule has 0 aromatic heterocycles. The molecule has 1 aliphatic carbocycles. The lowest BCUT2D eigenvalue weighted by molar-refractivity contribution is 0.560. The van der Waals surface area contributed by atoms with Crippen LogP contribution in [0, 0.1) is 0 Å². The van der Waals surface area contributed by atoms with Crippen molar-refractivity contribution in [2.75, 3.05) is 0 Å². The molecule has 0 spiro atoms. The normalized spacial score (nSPS) is 45.0. The van der Waals surface area contributed by atoms with E-state index < -0.39 is 0 Å². The summed E-state index contributed by atoms with van der Waals surface area (Å²) in [6, 6.07) is 0. The van der Waals surface area contributed by atoms with Crippen molar-refractivity contribution in [3.63, 3.8) is 0 Å². The standard InChI is InChI=1S/C6H9ClI2/c7-4-1-5(8)3-6(9)2-4/h4-6H,1-3H2. The van der Waals surface area contributed by atoms with Crippen LogP contribution in [0.5, 0.6) is 0 Å². The quantitative estimate of drug-likeness (QED) is 0.453. The lowest BCUT2D eigenvalue weighted by atomic mass is 10.0. The summed E-state index contributed by atoms with van der Waals surface area (Å²) >= 11 is 11.0. The summed E-state index contributed by atoms with van der Waals surface area (Å²) in [7, 11) is 0. The molecule has 0 saturated heterocycles. The van der Waals surface area contributed by atoms with Crippen molar-refractivity contribution in [3.05, 3.63) is 0 Å². The number of hydrogen-bond donors (Lipinski definition) is 0. The number of halogens is 3. The summed E-state index contributed by atoms with van der Waals surface area (Å²) in [6.07, 6.45) is 3.77. The molecule has 0 aromatic rings. The Kier molecular flexibility index (Phi) is 3.88. The van der Waals surface area contributed by atoms with Crippen molar-refractivity contribution in [1.29, 1.82) is 0 Å². The van der Waals surface area contributed by atoms with E-state index in [4.69, 9.17) is 11.6 Å². The van der Waals surface area contributed by atoms with Gasteiger partial charge < -0.3 is 0 Å². The highest BCUT2D eigenvalue weighted by molar-refractivity contribution is 14.1. The Hall–Kier alpha value is 1.75. The van der Waals surface area contributed by atoms with Gasteiger partial charge in [-0.2, -0.15) is 0 Å². The highest BCUT2D eigenvalue weighted by Crippen LogP contribution is 2.32. The summed E-state index contributed by atoms with van der Waals surface area (Å²) in [5.41, 5.74) is 0. The summed E-state index contributed by atoms with van der Waals surface area (Å²) in [5.74, 6) is 0. The number of hydrogen-bond acceptors (Lipinski definition) is 0. The van der Waals surface area contributed by atoms with E-state index in [9.17, 15) is 0 Å². The first-order valence-corrected chi connectivity index (χ1v) is 6.03. The number of alkyl halides is 3. The highest BCUT2D eigenvalue weighted by Gasteiger charge is 2.23. The first kappa shape index (κ1) is 8.84. The SMILES string of the molecule is ClC1CC(I)CC(I)C1. The Morgan fingerprint density at radius 2 is 1.44 bits per heavy atom. The van der Waals surface area contributed by atoms with Crippen LogP contribution in [-0.2, 0) is 0 Å². The zero-order valence-electron chi connectivity index (χ0n) is 4.99. The van der Waals surface area contributed by atoms with Gasteiger partial charge in [-0.1, -0.05) is 45.2 Å². The van der Waals surface area contributed by atoms with E-state index in [0.29, 0.717) is 5.38 Å². The van der Waals surface area contributed by atoms with Crippen molar-refractivity contribution in [1.82, 2.24) is 0 Å². The predicted octanol–water partition coefficient (Wildman–Crippen LogP) is 3.38. The monoisotopic (exact) mass is 370 g/mol. The maximum Gasteiger partial charge on any atom is 0.0356 e. The molecule has 0 aromatic carbocycles. The Morgan fingerprint density at radius 1 is 1.00 bits per heavy atom. The Bertz CT molecular complexity index is 72.0. The molecule has 3 heteroatoms. The van der Waals surface area contributed by atoms with E-state index in [1.54, 1.807) is 0 Å². The lowest BCUT2D eigenvalue weighted by Crippen LogP contribution is -2.22. The van der Waals surface area contributed by atoms with Crippen LogP contribution in [-0.4, -0.2) is 13.2 Å². The average molecular weight is 370 g/mol. The highest BCUT2D eigenvalue weighted by atomic mass is 127. The minimum Gasteiger partial charge on any atom is -0.123 e. The molecule has 2 atom stereocenters. The summed E-state index contributed by atoms with van der Waals surface area (Å²) in [6.45, 7) is 0. The van der Waals surface area contributed by atoms with Crippen molar-refractivity contribution >= 4 is 56.8 Å². The van der Waals surface area contributed by atoms with Gasteiger partial charge in [-0.05, 0) is 19.3 Å². The Balaban J connectivity index is 2.34. The topological polar surface area (TPSA) is 0 Å². The van der Waals surface area contributed by atoms with Crippen LogP contribution < -0.4 is 0 Å². The van der Waals surface area contributed by atoms with Gasteiger partial charge in [0.1, 0.15) is 0 Å². The van der Waals surface area contributed by atoms with Gasteiger partial charge in [-0.15, -0.1) is 11.6 Å². The van der Waals surface area contributed by atoms with E-state index >= 15 is 0 Å². The third kappa shape index (κ3) is 3.10. The molecule has 2 unspecified atom stereocenters. The van der Waals surface area contributed by atoms with Crippen molar-refractivity contribution in [2.45, 2.75) is 32.5 Å². The van der Waals surface area contributed by atoms with Gasteiger partial charge in [-0.3, -0.25) is 0 Å². The molecule has 54 valence electrons. The van der Waals surface area contributed by atoms with Gasteiger partial charge in [0.05, 0.1) is 0 Å². The van der Waals surface area contributed by atoms with E-state index in [-0.39, 0.29) is 0 Å². The maximum atomic E-state index is 6.00. The molecular formula is C6H9ClI2. The van der Waals surface area contributed by atoms with Gasteiger partial charge in [-0.25, -0.2) is 0 Å². The minimum absolute atomic E-state index is 0.447. The predicted molar refractivity (Wildman–Crippen MR) is 59.1 cm³/mol. The molecule has 1 aliphatic rings. The largest absolute Gasteiger partial charge is 0.123 e. The van der Waals surface area contributed by atoms with E-state index in [1.165, 1.54) is 19.3 Å². The molecule has 9 heavy (non-hydrogen) atoms. The summed E-state index contributed by atoms with van der Waals surface area (Å²) in [4.78, 5) is 0. The van der Waals surface area contributed by atoms with E-state index in [1.807, 2.05) is 0 Å². The van der Waals surface area contributed by atoms with Crippen molar-refractivity contribution in [2.24, 2.45) is 0 Å². The van der Waals surface area contributed by atoms with Crippen LogP contribution >= 0.6 is 56.8 Å². The second kappa shape index (κ2) is 3.95. The fraction of sp³-hybridized carbons (Fsp3) is 1.00. The van der Waals surface area contributed by atoms with Crippen LogP contribution in [0.25, 0.3) is 0 Å². The Morgan fingerprint density at radius 3 is 1.78 bits per heavy atom. The smallest absolute Gasteiger partial charge is 0.0356 e. The van der Waals surface area contributed by atoms with Gasteiger partial charge in [0.15, 0.2) is 0 Å². The molecule has 0 radical (unpaired) electrons. The molecule has 0 aliphatic heterocycles. The molecular weight excluding hydrogens is 361 g/mol. The zero-order chi connectivity index (χ0) is 6.85. The molecule has 0 amide bonds. The van der Waals surface area contributed by atoms with Crippen LogP contribution in [0.3, 0.4) is 0 Å². The molecule has 1 rings (SSSR count). The third-order valence-electron chi connectivity index (χ3n) is 1.53. The maximum absolute atomic E-state index is 6.00. The van der Waals surface area contributed by atoms with Crippen LogP contribution in [0.4, 0.5) is 0 Å². The van der Waals surface area contributed by atoms with Gasteiger partial charge in [0, 0.05) is 13.2 Å². The van der Waals surface area contributed by atoms with Gasteiger partial charge >= 0.3 is 0 Å². The minimum atomic E-state index is 0.447. The number of rotatable bonds is 0. The molecule has 0 bridgehead atoms. The molecule has 1 fully saturated rings. The summed E-state index contributed by atoms with van der Waals surface area (Å²) < 4.78 is 1.64. The fourth-order valence-corrected chi connectivity index (χ4v) is 5.58. The van der Waals surface area contributed by atoms with Gasteiger partial charge in [0.25, 0.3) is 0 Å². The van der Waals surface area contributed by atoms with Crippen LogP contribution in [0.2, 0.25) is 0 Å². The zero-order valence-corrected chi connectivity index (χ0v) is 10.1. The molecule has 0 heterocycles. The first-order valence-electron chi connectivity index (χ1n) is 3.10. The first-order chi connectivity index (χ1) is 4.18.